The van der Waals surface area contributed by atoms with Crippen LogP contribution < -0.4 is 4.74 Å². The Morgan fingerprint density at radius 2 is 1.67 bits per heavy atom. The number of hydrogen-bond donors (Lipinski definition) is 0. The molecule has 0 aliphatic rings. The quantitative estimate of drug-likeness (QED) is 0.603. The minimum absolute atomic E-state index is 0.0850. The molecule has 0 heterocycles. The Labute approximate surface area is 101 Å². The van der Waals surface area contributed by atoms with Gasteiger partial charge in [0.2, 0.25) is 0 Å². The van der Waals surface area contributed by atoms with E-state index < -0.39 is 0 Å². The number of benzene rings is 1. The first kappa shape index (κ1) is 16.7. The molecule has 0 aliphatic heterocycles. The molecular formula is C11H16Cl2O2. The fourth-order valence-electron chi connectivity index (χ4n) is 0.661. The average Bonchev–Trinajstić information content (AvgIpc) is 2.34. The zero-order valence-corrected chi connectivity index (χ0v) is 10.7. The summed E-state index contributed by atoms with van der Waals surface area (Å²) in [5.74, 6) is 0.654. The molecule has 0 radical (unpaired) electrons. The molecule has 1 aromatic rings. The molecule has 0 saturated carbocycles. The van der Waals surface area contributed by atoms with Crippen LogP contribution >= 0.6 is 23.2 Å². The first-order valence-corrected chi connectivity index (χ1v) is 5.66. The molecule has 1 aromatic carbocycles. The van der Waals surface area contributed by atoms with Gasteiger partial charge in [0.25, 0.3) is 0 Å². The molecular weight excluding hydrogens is 235 g/mol. The van der Waals surface area contributed by atoms with Crippen LogP contribution in [0, 0.1) is 0 Å². The lowest BCUT2D eigenvalue weighted by Gasteiger charge is -1.99. The van der Waals surface area contributed by atoms with Crippen LogP contribution in [0.15, 0.2) is 24.3 Å². The van der Waals surface area contributed by atoms with E-state index in [0.29, 0.717) is 17.1 Å². The van der Waals surface area contributed by atoms with Gasteiger partial charge in [-0.05, 0) is 24.3 Å². The molecule has 0 saturated heterocycles. The van der Waals surface area contributed by atoms with E-state index in [0.717, 1.165) is 0 Å². The second-order valence-corrected chi connectivity index (χ2v) is 2.37. The smallest absolute Gasteiger partial charge is 0.157 e. The highest BCUT2D eigenvalue weighted by Gasteiger charge is 1.90. The Morgan fingerprint density at radius 1 is 1.20 bits per heavy atom. The maximum Gasteiger partial charge on any atom is 0.157 e. The van der Waals surface area contributed by atoms with Gasteiger partial charge in [0.1, 0.15) is 12.4 Å². The van der Waals surface area contributed by atoms with Crippen LogP contribution in [0.1, 0.15) is 13.8 Å². The van der Waals surface area contributed by atoms with E-state index >= 15 is 0 Å². The molecule has 0 unspecified atom stereocenters. The molecule has 0 N–H and O–H groups in total. The number of aldehydes is 1. The van der Waals surface area contributed by atoms with Crippen LogP contribution in [0.3, 0.4) is 0 Å². The summed E-state index contributed by atoms with van der Waals surface area (Å²) >= 11 is 10.3. The van der Waals surface area contributed by atoms with Crippen molar-refractivity contribution in [3.8, 4) is 5.75 Å². The van der Waals surface area contributed by atoms with Crippen molar-refractivity contribution in [1.29, 1.82) is 0 Å². The Bertz CT molecular complexity index is 235. The van der Waals surface area contributed by atoms with E-state index in [1.165, 1.54) is 6.38 Å². The van der Waals surface area contributed by atoms with Gasteiger partial charge in [0.15, 0.2) is 6.29 Å². The van der Waals surface area contributed by atoms with Gasteiger partial charge in [-0.15, -0.1) is 11.6 Å². The van der Waals surface area contributed by atoms with Gasteiger partial charge in [-0.2, -0.15) is 0 Å². The maximum atomic E-state index is 9.89. The van der Waals surface area contributed by atoms with Gasteiger partial charge < -0.3 is 4.74 Å². The van der Waals surface area contributed by atoms with Crippen LogP contribution in [0.2, 0.25) is 5.02 Å². The molecule has 2 nitrogen and oxygen atoms in total. The van der Waals surface area contributed by atoms with Gasteiger partial charge in [-0.1, -0.05) is 25.4 Å². The molecule has 86 valence electrons. The topological polar surface area (TPSA) is 26.3 Å². The first-order valence-electron chi connectivity index (χ1n) is 4.53. The largest absolute Gasteiger partial charge is 0.486 e. The van der Waals surface area contributed by atoms with Gasteiger partial charge >= 0.3 is 0 Å². The third kappa shape index (κ3) is 9.57. The second kappa shape index (κ2) is 13.3. The molecule has 0 aliphatic carbocycles. The maximum absolute atomic E-state index is 9.89. The fourth-order valence-corrected chi connectivity index (χ4v) is 0.787. The number of rotatable bonds is 3. The van der Waals surface area contributed by atoms with E-state index in [-0.39, 0.29) is 6.61 Å². The van der Waals surface area contributed by atoms with Crippen molar-refractivity contribution in [2.45, 2.75) is 13.8 Å². The van der Waals surface area contributed by atoms with Crippen LogP contribution in [-0.4, -0.2) is 19.3 Å². The van der Waals surface area contributed by atoms with Crippen molar-refractivity contribution in [2.75, 3.05) is 13.0 Å². The van der Waals surface area contributed by atoms with Crippen molar-refractivity contribution in [3.05, 3.63) is 29.3 Å². The Kier molecular flexibility index (Phi) is 14.8. The fraction of sp³-hybridized carbons (Fsp3) is 0.364. The van der Waals surface area contributed by atoms with Gasteiger partial charge in [0, 0.05) is 11.4 Å². The van der Waals surface area contributed by atoms with E-state index in [9.17, 15) is 4.79 Å². The summed E-state index contributed by atoms with van der Waals surface area (Å²) in [6.45, 7) is 4.08. The van der Waals surface area contributed by atoms with Crippen LogP contribution in [0.25, 0.3) is 0 Å². The number of alkyl halides is 1. The highest BCUT2D eigenvalue weighted by atomic mass is 35.5. The van der Waals surface area contributed by atoms with Crippen LogP contribution in [0.4, 0.5) is 0 Å². The minimum Gasteiger partial charge on any atom is -0.486 e. The van der Waals surface area contributed by atoms with Crippen molar-refractivity contribution in [2.24, 2.45) is 0 Å². The number of halogens is 2. The summed E-state index contributed by atoms with van der Waals surface area (Å²) in [5.41, 5.74) is 0. The molecule has 1 rings (SSSR count). The molecule has 15 heavy (non-hydrogen) atoms. The zero-order valence-electron chi connectivity index (χ0n) is 9.17. The van der Waals surface area contributed by atoms with Gasteiger partial charge in [-0.25, -0.2) is 0 Å². The summed E-state index contributed by atoms with van der Waals surface area (Å²) in [7, 11) is 0. The normalized spacial score (nSPS) is 7.53. The Balaban J connectivity index is 0. The standard InChI is InChI=1S/C8H7ClO2.C2H6.CH3Cl/c9-7-1-3-8(4-2-7)11-6-5-10;2*1-2/h1-5H,6H2;1-2H3;1H3. The van der Waals surface area contributed by atoms with Crippen LogP contribution in [-0.2, 0) is 4.79 Å². The highest BCUT2D eigenvalue weighted by molar-refractivity contribution is 6.30. The SMILES string of the molecule is CC.CCl.O=CCOc1ccc(Cl)cc1. The Morgan fingerprint density at radius 3 is 2.07 bits per heavy atom. The predicted molar refractivity (Wildman–Crippen MR) is 66.1 cm³/mol. The summed E-state index contributed by atoms with van der Waals surface area (Å²) in [6, 6.07) is 6.85. The third-order valence-corrected chi connectivity index (χ3v) is 1.38. The van der Waals surface area contributed by atoms with E-state index in [1.807, 2.05) is 13.8 Å². The second-order valence-electron chi connectivity index (χ2n) is 1.93. The van der Waals surface area contributed by atoms with E-state index in [1.54, 1.807) is 24.3 Å². The molecule has 0 fully saturated rings. The lowest BCUT2D eigenvalue weighted by molar-refractivity contribution is -0.109. The van der Waals surface area contributed by atoms with Gasteiger partial charge in [0.05, 0.1) is 0 Å². The highest BCUT2D eigenvalue weighted by Crippen LogP contribution is 2.14. The zero-order chi connectivity index (χ0) is 12.1. The van der Waals surface area contributed by atoms with E-state index in [4.69, 9.17) is 16.3 Å². The average molecular weight is 251 g/mol. The van der Waals surface area contributed by atoms with Crippen molar-refractivity contribution in [1.82, 2.24) is 0 Å². The first-order chi connectivity index (χ1) is 7.33. The Hall–Kier alpha value is -0.730. The molecule has 0 spiro atoms. The molecule has 4 heteroatoms. The van der Waals surface area contributed by atoms with Gasteiger partial charge in [-0.3, -0.25) is 4.79 Å². The molecule has 0 aromatic heterocycles. The predicted octanol–water partition coefficient (Wildman–Crippen LogP) is 3.80. The van der Waals surface area contributed by atoms with Crippen molar-refractivity contribution in [3.63, 3.8) is 0 Å². The van der Waals surface area contributed by atoms with E-state index in [2.05, 4.69) is 11.6 Å². The van der Waals surface area contributed by atoms with Crippen molar-refractivity contribution >= 4 is 29.5 Å². The minimum atomic E-state index is 0.0850. The van der Waals surface area contributed by atoms with Crippen LogP contribution in [0.5, 0.6) is 5.75 Å². The third-order valence-electron chi connectivity index (χ3n) is 1.13. The summed E-state index contributed by atoms with van der Waals surface area (Å²) < 4.78 is 4.98. The number of ether oxygens (including phenoxy) is 1. The molecule has 0 amide bonds. The lowest BCUT2D eigenvalue weighted by Crippen LogP contribution is -1.96. The summed E-state index contributed by atoms with van der Waals surface area (Å²) in [4.78, 5) is 9.89. The number of hydrogen-bond acceptors (Lipinski definition) is 2. The van der Waals surface area contributed by atoms with Crippen molar-refractivity contribution < 1.29 is 9.53 Å². The lowest BCUT2D eigenvalue weighted by atomic mass is 10.3. The summed E-state index contributed by atoms with van der Waals surface area (Å²) in [6.07, 6.45) is 2.18. The molecule has 0 atom stereocenters. The number of carbonyl (C=O) groups excluding carboxylic acids is 1. The summed E-state index contributed by atoms with van der Waals surface area (Å²) in [5, 5.41) is 0.656. The number of carbonyl (C=O) groups is 1. The monoisotopic (exact) mass is 250 g/mol. The molecule has 0 bridgehead atoms.